The molecule has 5 heteroatoms. The smallest absolute Gasteiger partial charge is 0.255 e. The molecule has 0 radical (unpaired) electrons. The maximum Gasteiger partial charge on any atom is 0.255 e. The first-order chi connectivity index (χ1) is 7.70. The maximum atomic E-state index is 12.0. The number of thioether (sulfide) groups is 1. The predicted octanol–water partition coefficient (Wildman–Crippen LogP) is 1.01. The van der Waals surface area contributed by atoms with Gasteiger partial charge in [-0.05, 0) is 24.8 Å². The van der Waals surface area contributed by atoms with Crippen molar-refractivity contribution in [3.8, 4) is 0 Å². The van der Waals surface area contributed by atoms with Gasteiger partial charge in [0, 0.05) is 19.3 Å². The minimum absolute atomic E-state index is 0.0447. The SMILES string of the molecule is CSc1ccc(C(=O)N2CC[C@@H](O)C2)cn1. The first kappa shape index (κ1) is 11.4. The number of β-amino-alcohol motifs (C(OH)–C–C–N with tert-alkyl or cyclic N) is 1. The van der Waals surface area contributed by atoms with Crippen molar-refractivity contribution in [2.45, 2.75) is 17.6 Å². The van der Waals surface area contributed by atoms with Gasteiger partial charge in [-0.25, -0.2) is 4.98 Å². The molecule has 0 aromatic carbocycles. The van der Waals surface area contributed by atoms with Crippen LogP contribution in [0.3, 0.4) is 0 Å². The van der Waals surface area contributed by atoms with E-state index < -0.39 is 0 Å². The van der Waals surface area contributed by atoms with Crippen LogP contribution in [0.4, 0.5) is 0 Å². The van der Waals surface area contributed by atoms with E-state index in [9.17, 15) is 9.90 Å². The summed E-state index contributed by atoms with van der Waals surface area (Å²) in [5, 5.41) is 10.3. The lowest BCUT2D eigenvalue weighted by Gasteiger charge is -2.15. The highest BCUT2D eigenvalue weighted by molar-refractivity contribution is 7.98. The monoisotopic (exact) mass is 238 g/mol. The maximum absolute atomic E-state index is 12.0. The van der Waals surface area contributed by atoms with Crippen LogP contribution in [0.1, 0.15) is 16.8 Å². The minimum Gasteiger partial charge on any atom is -0.391 e. The summed E-state index contributed by atoms with van der Waals surface area (Å²) in [7, 11) is 0. The van der Waals surface area contributed by atoms with E-state index in [2.05, 4.69) is 4.98 Å². The summed E-state index contributed by atoms with van der Waals surface area (Å²) in [6, 6.07) is 3.62. The number of aromatic nitrogens is 1. The van der Waals surface area contributed by atoms with Gasteiger partial charge in [-0.3, -0.25) is 4.79 Å². The molecule has 1 aliphatic heterocycles. The van der Waals surface area contributed by atoms with Crippen LogP contribution in [-0.2, 0) is 0 Å². The number of carbonyl (C=O) groups excluding carboxylic acids is 1. The number of hydrogen-bond acceptors (Lipinski definition) is 4. The van der Waals surface area contributed by atoms with E-state index in [0.717, 1.165) is 5.03 Å². The summed E-state index contributed by atoms with van der Waals surface area (Å²) in [5.41, 5.74) is 0.590. The van der Waals surface area contributed by atoms with Crippen molar-refractivity contribution in [3.63, 3.8) is 0 Å². The van der Waals surface area contributed by atoms with Crippen LogP contribution in [-0.4, -0.2) is 46.3 Å². The molecular formula is C11H14N2O2S. The van der Waals surface area contributed by atoms with Crippen molar-refractivity contribution in [1.29, 1.82) is 0 Å². The lowest BCUT2D eigenvalue weighted by molar-refractivity contribution is 0.0764. The van der Waals surface area contributed by atoms with Crippen LogP contribution in [0.2, 0.25) is 0 Å². The standard InChI is InChI=1S/C11H14N2O2S/c1-16-10-3-2-8(6-12-10)11(15)13-5-4-9(14)7-13/h2-3,6,9,14H,4-5,7H2,1H3/t9-/m1/s1. The Hall–Kier alpha value is -1.07. The van der Waals surface area contributed by atoms with Crippen LogP contribution in [0, 0.1) is 0 Å². The molecule has 1 atom stereocenters. The quantitative estimate of drug-likeness (QED) is 0.781. The third kappa shape index (κ3) is 2.36. The molecule has 4 nitrogen and oxygen atoms in total. The third-order valence-electron chi connectivity index (χ3n) is 2.64. The molecule has 0 spiro atoms. The molecule has 0 aliphatic carbocycles. The van der Waals surface area contributed by atoms with Crippen LogP contribution in [0.25, 0.3) is 0 Å². The van der Waals surface area contributed by atoms with E-state index in [1.807, 2.05) is 12.3 Å². The molecule has 1 aromatic rings. The summed E-state index contributed by atoms with van der Waals surface area (Å²) in [6.07, 6.45) is 3.84. The van der Waals surface area contributed by atoms with Gasteiger partial charge < -0.3 is 10.0 Å². The number of nitrogens with zero attached hydrogens (tertiary/aromatic N) is 2. The number of amides is 1. The van der Waals surface area contributed by atoms with Gasteiger partial charge in [0.15, 0.2) is 0 Å². The first-order valence-corrected chi connectivity index (χ1v) is 6.40. The van der Waals surface area contributed by atoms with Gasteiger partial charge in [0.2, 0.25) is 0 Å². The van der Waals surface area contributed by atoms with Crippen molar-refractivity contribution >= 4 is 17.7 Å². The molecule has 1 N–H and O–H groups in total. The zero-order valence-corrected chi connectivity index (χ0v) is 9.91. The van der Waals surface area contributed by atoms with Gasteiger partial charge in [-0.1, -0.05) is 0 Å². The average molecular weight is 238 g/mol. The van der Waals surface area contributed by atoms with E-state index >= 15 is 0 Å². The molecule has 0 saturated carbocycles. The summed E-state index contributed by atoms with van der Waals surface area (Å²) in [6.45, 7) is 1.06. The van der Waals surface area contributed by atoms with E-state index in [0.29, 0.717) is 25.1 Å². The van der Waals surface area contributed by atoms with Gasteiger partial charge in [0.05, 0.1) is 16.7 Å². The normalized spacial score (nSPS) is 20.1. The third-order valence-corrected chi connectivity index (χ3v) is 3.30. The zero-order valence-electron chi connectivity index (χ0n) is 9.09. The second kappa shape index (κ2) is 4.84. The zero-order chi connectivity index (χ0) is 11.5. The van der Waals surface area contributed by atoms with Gasteiger partial charge >= 0.3 is 0 Å². The van der Waals surface area contributed by atoms with Crippen LogP contribution in [0.5, 0.6) is 0 Å². The van der Waals surface area contributed by atoms with Crippen LogP contribution < -0.4 is 0 Å². The van der Waals surface area contributed by atoms with Crippen LogP contribution >= 0.6 is 11.8 Å². The Kier molecular flexibility index (Phi) is 3.46. The number of hydrogen-bond donors (Lipinski definition) is 1. The lowest BCUT2D eigenvalue weighted by atomic mass is 10.2. The lowest BCUT2D eigenvalue weighted by Crippen LogP contribution is -2.29. The molecule has 1 aromatic heterocycles. The number of aliphatic hydroxyl groups is 1. The Bertz CT molecular complexity index is 380. The molecule has 1 saturated heterocycles. The highest BCUT2D eigenvalue weighted by Crippen LogP contribution is 2.15. The Morgan fingerprint density at radius 1 is 1.62 bits per heavy atom. The van der Waals surface area contributed by atoms with E-state index in [1.165, 1.54) is 0 Å². The fraction of sp³-hybridized carbons (Fsp3) is 0.455. The van der Waals surface area contributed by atoms with Gasteiger partial charge in [-0.2, -0.15) is 0 Å². The average Bonchev–Trinajstić information content (AvgIpc) is 2.75. The Labute approximate surface area is 98.7 Å². The Morgan fingerprint density at radius 3 is 2.94 bits per heavy atom. The summed E-state index contributed by atoms with van der Waals surface area (Å²) >= 11 is 1.55. The fourth-order valence-corrected chi connectivity index (χ4v) is 2.10. The summed E-state index contributed by atoms with van der Waals surface area (Å²) < 4.78 is 0. The molecule has 2 rings (SSSR count). The number of likely N-dealkylation sites (tertiary alicyclic amines) is 1. The molecule has 86 valence electrons. The molecule has 1 aliphatic rings. The highest BCUT2D eigenvalue weighted by Gasteiger charge is 2.25. The topological polar surface area (TPSA) is 53.4 Å². The molecule has 16 heavy (non-hydrogen) atoms. The van der Waals surface area contributed by atoms with Gasteiger partial charge in [0.1, 0.15) is 0 Å². The number of aliphatic hydroxyl groups excluding tert-OH is 1. The first-order valence-electron chi connectivity index (χ1n) is 5.18. The minimum atomic E-state index is -0.373. The van der Waals surface area contributed by atoms with E-state index in [-0.39, 0.29) is 12.0 Å². The largest absolute Gasteiger partial charge is 0.391 e. The van der Waals surface area contributed by atoms with Crippen molar-refractivity contribution in [3.05, 3.63) is 23.9 Å². The van der Waals surface area contributed by atoms with Crippen molar-refractivity contribution in [2.75, 3.05) is 19.3 Å². The predicted molar refractivity (Wildman–Crippen MR) is 62.5 cm³/mol. The number of carbonyl (C=O) groups is 1. The molecule has 1 amide bonds. The highest BCUT2D eigenvalue weighted by atomic mass is 32.2. The Balaban J connectivity index is 2.08. The number of rotatable bonds is 2. The second-order valence-electron chi connectivity index (χ2n) is 3.78. The number of pyridine rings is 1. The van der Waals surface area contributed by atoms with Gasteiger partial charge in [-0.15, -0.1) is 11.8 Å². The summed E-state index contributed by atoms with van der Waals surface area (Å²) in [4.78, 5) is 17.8. The van der Waals surface area contributed by atoms with Crippen molar-refractivity contribution in [1.82, 2.24) is 9.88 Å². The van der Waals surface area contributed by atoms with E-state index in [1.54, 1.807) is 28.9 Å². The van der Waals surface area contributed by atoms with E-state index in [4.69, 9.17) is 0 Å². The van der Waals surface area contributed by atoms with Gasteiger partial charge in [0.25, 0.3) is 5.91 Å². The van der Waals surface area contributed by atoms with Crippen molar-refractivity contribution in [2.24, 2.45) is 0 Å². The van der Waals surface area contributed by atoms with Crippen LogP contribution in [0.15, 0.2) is 23.4 Å². The molecule has 2 heterocycles. The summed E-state index contributed by atoms with van der Waals surface area (Å²) in [5.74, 6) is -0.0447. The molecule has 1 fully saturated rings. The second-order valence-corrected chi connectivity index (χ2v) is 4.61. The van der Waals surface area contributed by atoms with Crippen molar-refractivity contribution < 1.29 is 9.90 Å². The Morgan fingerprint density at radius 2 is 2.44 bits per heavy atom. The molecule has 0 bridgehead atoms. The molecule has 0 unspecified atom stereocenters. The molecular weight excluding hydrogens is 224 g/mol. The fourth-order valence-electron chi connectivity index (χ4n) is 1.74.